The Morgan fingerprint density at radius 2 is 2.06 bits per heavy atom. The lowest BCUT2D eigenvalue weighted by Gasteiger charge is -2.07. The van der Waals surface area contributed by atoms with Gasteiger partial charge in [-0.05, 0) is 6.92 Å². The average molecular weight is 232 g/mol. The summed E-state index contributed by atoms with van der Waals surface area (Å²) in [6.07, 6.45) is 3.81. The van der Waals surface area contributed by atoms with Crippen LogP contribution in [-0.2, 0) is 13.6 Å². The highest BCUT2D eigenvalue weighted by atomic mass is 15.2. The molecule has 0 fully saturated rings. The number of nitrogens with zero attached hydrogens (tertiary/aromatic N) is 4. The van der Waals surface area contributed by atoms with Gasteiger partial charge in [0.05, 0.1) is 6.20 Å². The topological polar surface area (TPSA) is 67.7 Å². The van der Waals surface area contributed by atoms with Gasteiger partial charge in [-0.25, -0.2) is 9.97 Å². The average Bonchev–Trinajstić information content (AvgIpc) is 2.72. The quantitative estimate of drug-likeness (QED) is 0.828. The minimum absolute atomic E-state index is 0.702. The number of anilines is 2. The zero-order valence-corrected chi connectivity index (χ0v) is 10.2. The molecule has 2 aromatic heterocycles. The van der Waals surface area contributed by atoms with E-state index in [2.05, 4.69) is 25.7 Å². The van der Waals surface area contributed by atoms with Crippen molar-refractivity contribution >= 4 is 11.6 Å². The molecule has 0 spiro atoms. The zero-order chi connectivity index (χ0) is 12.3. The van der Waals surface area contributed by atoms with Crippen LogP contribution in [0.5, 0.6) is 0 Å². The molecular weight excluding hydrogens is 216 g/mol. The summed E-state index contributed by atoms with van der Waals surface area (Å²) in [5.74, 6) is 2.36. The van der Waals surface area contributed by atoms with Crippen molar-refractivity contribution in [3.8, 4) is 0 Å². The molecule has 2 rings (SSSR count). The molecule has 90 valence electrons. The van der Waals surface area contributed by atoms with E-state index in [1.54, 1.807) is 4.68 Å². The minimum Gasteiger partial charge on any atom is -0.373 e. The molecule has 0 aromatic carbocycles. The Balaban J connectivity index is 2.05. The lowest BCUT2D eigenvalue weighted by molar-refractivity contribution is 0.767. The number of aromatic nitrogens is 4. The highest BCUT2D eigenvalue weighted by molar-refractivity contribution is 5.47. The molecule has 6 heteroatoms. The van der Waals surface area contributed by atoms with Crippen LogP contribution in [0.2, 0.25) is 0 Å². The van der Waals surface area contributed by atoms with Crippen molar-refractivity contribution < 1.29 is 0 Å². The van der Waals surface area contributed by atoms with Crippen molar-refractivity contribution in [2.45, 2.75) is 13.5 Å². The molecule has 0 aliphatic heterocycles. The SMILES string of the molecule is CNc1cc(NCc2cnn(C)c2)nc(C)n1. The van der Waals surface area contributed by atoms with Gasteiger partial charge in [0.2, 0.25) is 0 Å². The molecule has 0 bridgehead atoms. The number of hydrogen-bond donors (Lipinski definition) is 2. The predicted octanol–water partition coefficient (Wildman–Crippen LogP) is 1.17. The van der Waals surface area contributed by atoms with Crippen LogP contribution in [0.25, 0.3) is 0 Å². The van der Waals surface area contributed by atoms with Gasteiger partial charge >= 0.3 is 0 Å². The summed E-state index contributed by atoms with van der Waals surface area (Å²) in [5.41, 5.74) is 1.12. The molecule has 2 aromatic rings. The molecule has 0 amide bonds. The summed E-state index contributed by atoms with van der Waals surface area (Å²) in [6, 6.07) is 1.88. The second-order valence-electron chi connectivity index (χ2n) is 3.81. The standard InChI is InChI=1S/C11H16N6/c1-8-15-10(12-2)4-11(16-8)13-5-9-6-14-17(3)7-9/h4,6-7H,5H2,1-3H3,(H2,12,13,15,16). The van der Waals surface area contributed by atoms with Crippen LogP contribution >= 0.6 is 0 Å². The second kappa shape index (κ2) is 4.82. The van der Waals surface area contributed by atoms with E-state index in [1.165, 1.54) is 0 Å². The summed E-state index contributed by atoms with van der Waals surface area (Å²) in [6.45, 7) is 2.57. The minimum atomic E-state index is 0.702. The van der Waals surface area contributed by atoms with E-state index in [1.807, 2.05) is 39.5 Å². The van der Waals surface area contributed by atoms with Gasteiger partial charge in [0.25, 0.3) is 0 Å². The first-order valence-corrected chi connectivity index (χ1v) is 5.42. The van der Waals surface area contributed by atoms with Gasteiger partial charge in [-0.15, -0.1) is 0 Å². The van der Waals surface area contributed by atoms with Gasteiger partial charge in [0.15, 0.2) is 0 Å². The molecule has 2 heterocycles. The molecule has 0 aliphatic carbocycles. The van der Waals surface area contributed by atoms with Crippen molar-refractivity contribution in [3.05, 3.63) is 29.8 Å². The third-order valence-electron chi connectivity index (χ3n) is 2.33. The molecule has 0 aliphatic rings. The van der Waals surface area contributed by atoms with Crippen molar-refractivity contribution in [1.82, 2.24) is 19.7 Å². The van der Waals surface area contributed by atoms with Crippen molar-refractivity contribution in [1.29, 1.82) is 0 Å². The largest absolute Gasteiger partial charge is 0.373 e. The Hall–Kier alpha value is -2.11. The van der Waals surface area contributed by atoms with Crippen molar-refractivity contribution in [2.24, 2.45) is 7.05 Å². The summed E-state index contributed by atoms with van der Waals surface area (Å²) >= 11 is 0. The van der Waals surface area contributed by atoms with E-state index in [4.69, 9.17) is 0 Å². The Labute approximate surface area is 100 Å². The number of rotatable bonds is 4. The monoisotopic (exact) mass is 232 g/mol. The molecule has 0 saturated heterocycles. The summed E-state index contributed by atoms with van der Waals surface area (Å²) in [7, 11) is 3.74. The highest BCUT2D eigenvalue weighted by Crippen LogP contribution is 2.11. The summed E-state index contributed by atoms with van der Waals surface area (Å²) in [4.78, 5) is 8.55. The second-order valence-corrected chi connectivity index (χ2v) is 3.81. The van der Waals surface area contributed by atoms with E-state index in [9.17, 15) is 0 Å². The predicted molar refractivity (Wildman–Crippen MR) is 66.9 cm³/mol. The number of nitrogens with one attached hydrogen (secondary N) is 2. The molecule has 17 heavy (non-hydrogen) atoms. The van der Waals surface area contributed by atoms with Crippen LogP contribution in [-0.4, -0.2) is 26.8 Å². The molecule has 0 atom stereocenters. The number of hydrogen-bond acceptors (Lipinski definition) is 5. The molecular formula is C11H16N6. The highest BCUT2D eigenvalue weighted by Gasteiger charge is 2.01. The van der Waals surface area contributed by atoms with E-state index >= 15 is 0 Å². The van der Waals surface area contributed by atoms with Crippen LogP contribution in [0.15, 0.2) is 18.5 Å². The Bertz CT molecular complexity index is 504. The normalized spacial score (nSPS) is 10.3. The molecule has 0 radical (unpaired) electrons. The van der Waals surface area contributed by atoms with E-state index in [-0.39, 0.29) is 0 Å². The first-order valence-electron chi connectivity index (χ1n) is 5.42. The summed E-state index contributed by atoms with van der Waals surface area (Å²) in [5, 5.41) is 10.4. The fourth-order valence-electron chi connectivity index (χ4n) is 1.54. The molecule has 6 nitrogen and oxygen atoms in total. The Morgan fingerprint density at radius 1 is 1.29 bits per heavy atom. The Morgan fingerprint density at radius 3 is 2.71 bits per heavy atom. The molecule has 0 saturated carbocycles. The summed E-state index contributed by atoms with van der Waals surface area (Å²) < 4.78 is 1.78. The van der Waals surface area contributed by atoms with Gasteiger partial charge in [0, 0.05) is 38.5 Å². The molecule has 0 unspecified atom stereocenters. The first-order chi connectivity index (χ1) is 8.17. The lowest BCUT2D eigenvalue weighted by atomic mass is 10.3. The van der Waals surface area contributed by atoms with Crippen LogP contribution in [0.3, 0.4) is 0 Å². The third kappa shape index (κ3) is 2.93. The smallest absolute Gasteiger partial charge is 0.132 e. The van der Waals surface area contributed by atoms with Gasteiger partial charge in [0.1, 0.15) is 17.5 Å². The number of aryl methyl sites for hydroxylation is 2. The van der Waals surface area contributed by atoms with Gasteiger partial charge in [-0.1, -0.05) is 0 Å². The third-order valence-corrected chi connectivity index (χ3v) is 2.33. The maximum atomic E-state index is 4.31. The Kier molecular flexibility index (Phi) is 3.22. The van der Waals surface area contributed by atoms with Crippen molar-refractivity contribution in [2.75, 3.05) is 17.7 Å². The van der Waals surface area contributed by atoms with Gasteiger partial charge < -0.3 is 10.6 Å². The van der Waals surface area contributed by atoms with Gasteiger partial charge in [-0.2, -0.15) is 5.10 Å². The fraction of sp³-hybridized carbons (Fsp3) is 0.364. The van der Waals surface area contributed by atoms with Gasteiger partial charge in [-0.3, -0.25) is 4.68 Å². The van der Waals surface area contributed by atoms with Crippen LogP contribution in [0.4, 0.5) is 11.6 Å². The van der Waals surface area contributed by atoms with E-state index < -0.39 is 0 Å². The van der Waals surface area contributed by atoms with Crippen LogP contribution < -0.4 is 10.6 Å². The van der Waals surface area contributed by atoms with E-state index in [0.29, 0.717) is 6.54 Å². The zero-order valence-electron chi connectivity index (χ0n) is 10.2. The first kappa shape index (κ1) is 11.4. The van der Waals surface area contributed by atoms with E-state index in [0.717, 1.165) is 23.0 Å². The maximum Gasteiger partial charge on any atom is 0.132 e. The maximum absolute atomic E-state index is 4.31. The fourth-order valence-corrected chi connectivity index (χ4v) is 1.54. The lowest BCUT2D eigenvalue weighted by Crippen LogP contribution is -2.04. The molecule has 2 N–H and O–H groups in total. The van der Waals surface area contributed by atoms with Crippen molar-refractivity contribution in [3.63, 3.8) is 0 Å². The van der Waals surface area contributed by atoms with Crippen LogP contribution in [0.1, 0.15) is 11.4 Å². The van der Waals surface area contributed by atoms with Crippen LogP contribution in [0, 0.1) is 6.92 Å².